The minimum atomic E-state index is -1.03. The molecule has 0 bridgehead atoms. The maximum absolute atomic E-state index is 11.8. The Morgan fingerprint density at radius 1 is 1.47 bits per heavy atom. The summed E-state index contributed by atoms with van der Waals surface area (Å²) in [5.41, 5.74) is 0.112. The van der Waals surface area contributed by atoms with Gasteiger partial charge >= 0.3 is 5.97 Å². The first-order chi connectivity index (χ1) is 8.97. The van der Waals surface area contributed by atoms with E-state index in [0.29, 0.717) is 5.13 Å². The van der Waals surface area contributed by atoms with Crippen molar-refractivity contribution in [3.63, 3.8) is 0 Å². The molecule has 1 heterocycles. The Morgan fingerprint density at radius 3 is 2.68 bits per heavy atom. The molecule has 0 aromatic carbocycles. The summed E-state index contributed by atoms with van der Waals surface area (Å²) in [6.07, 6.45) is 1.62. The van der Waals surface area contributed by atoms with Gasteiger partial charge in [-0.2, -0.15) is 0 Å². The fraction of sp³-hybridized carbons (Fsp3) is 0.455. The number of hydrogen-bond acceptors (Lipinski definition) is 5. The van der Waals surface area contributed by atoms with Gasteiger partial charge in [0.2, 0.25) is 5.91 Å². The molecule has 1 saturated carbocycles. The smallest absolute Gasteiger partial charge is 0.326 e. The molecule has 1 aromatic rings. The standard InChI is InChI=1S/C11H13N3O4S/c1-5(15)12-11-13-7(4-19-11)9(16)14-8(10(17)18)6-2-3-6/h4,6,8H,2-3H2,1H3,(H,14,16)(H,17,18)(H,12,13,15). The van der Waals surface area contributed by atoms with Gasteiger partial charge in [0.05, 0.1) is 0 Å². The lowest BCUT2D eigenvalue weighted by molar-refractivity contribution is -0.139. The Bertz CT molecular complexity index is 524. The molecular weight excluding hydrogens is 270 g/mol. The molecule has 1 aliphatic rings. The monoisotopic (exact) mass is 283 g/mol. The maximum atomic E-state index is 11.8. The van der Waals surface area contributed by atoms with Crippen LogP contribution in [0.2, 0.25) is 0 Å². The summed E-state index contributed by atoms with van der Waals surface area (Å²) < 4.78 is 0. The molecule has 8 heteroatoms. The van der Waals surface area contributed by atoms with E-state index in [1.165, 1.54) is 12.3 Å². The number of anilines is 1. The van der Waals surface area contributed by atoms with Crippen molar-refractivity contribution in [2.45, 2.75) is 25.8 Å². The van der Waals surface area contributed by atoms with Gasteiger partial charge in [0.15, 0.2) is 5.13 Å². The fourth-order valence-electron chi connectivity index (χ4n) is 1.61. The van der Waals surface area contributed by atoms with Crippen LogP contribution in [0.25, 0.3) is 0 Å². The molecule has 1 unspecified atom stereocenters. The molecule has 102 valence electrons. The van der Waals surface area contributed by atoms with Crippen molar-refractivity contribution in [1.82, 2.24) is 10.3 Å². The maximum Gasteiger partial charge on any atom is 0.326 e. The van der Waals surface area contributed by atoms with Crippen LogP contribution in [0.15, 0.2) is 5.38 Å². The molecule has 2 amide bonds. The van der Waals surface area contributed by atoms with Gasteiger partial charge in [0, 0.05) is 12.3 Å². The van der Waals surface area contributed by atoms with Crippen LogP contribution in [0.1, 0.15) is 30.3 Å². The summed E-state index contributed by atoms with van der Waals surface area (Å²) in [7, 11) is 0. The van der Waals surface area contributed by atoms with Gasteiger partial charge in [-0.05, 0) is 18.8 Å². The second-order valence-electron chi connectivity index (χ2n) is 4.35. The minimum absolute atomic E-state index is 0.00917. The van der Waals surface area contributed by atoms with Gasteiger partial charge in [-0.1, -0.05) is 0 Å². The van der Waals surface area contributed by atoms with Gasteiger partial charge in [0.1, 0.15) is 11.7 Å². The predicted molar refractivity (Wildman–Crippen MR) is 68.0 cm³/mol. The number of carboxylic acid groups (broad SMARTS) is 1. The van der Waals surface area contributed by atoms with E-state index in [9.17, 15) is 14.4 Å². The van der Waals surface area contributed by atoms with Crippen LogP contribution in [0.3, 0.4) is 0 Å². The molecule has 2 rings (SSSR count). The van der Waals surface area contributed by atoms with Crippen molar-refractivity contribution < 1.29 is 19.5 Å². The van der Waals surface area contributed by atoms with Crippen molar-refractivity contribution >= 4 is 34.3 Å². The zero-order valence-corrected chi connectivity index (χ0v) is 11.0. The molecule has 0 spiro atoms. The summed E-state index contributed by atoms with van der Waals surface area (Å²) in [4.78, 5) is 37.6. The molecule has 1 atom stereocenters. The Kier molecular flexibility index (Phi) is 3.79. The lowest BCUT2D eigenvalue weighted by atomic mass is 10.2. The average molecular weight is 283 g/mol. The third kappa shape index (κ3) is 3.50. The largest absolute Gasteiger partial charge is 0.480 e. The van der Waals surface area contributed by atoms with Crippen LogP contribution < -0.4 is 10.6 Å². The number of carbonyl (C=O) groups excluding carboxylic acids is 2. The summed E-state index contributed by atoms with van der Waals surface area (Å²) in [6, 6.07) is -0.863. The van der Waals surface area contributed by atoms with Crippen molar-refractivity contribution in [2.24, 2.45) is 5.92 Å². The zero-order valence-electron chi connectivity index (χ0n) is 10.2. The van der Waals surface area contributed by atoms with Gasteiger partial charge in [-0.15, -0.1) is 11.3 Å². The zero-order chi connectivity index (χ0) is 14.0. The molecule has 1 aromatic heterocycles. The van der Waals surface area contributed by atoms with Gasteiger partial charge < -0.3 is 15.7 Å². The summed E-state index contributed by atoms with van der Waals surface area (Å²) in [6.45, 7) is 1.34. The Hall–Kier alpha value is -1.96. The number of hydrogen-bond donors (Lipinski definition) is 3. The summed E-state index contributed by atoms with van der Waals surface area (Å²) >= 11 is 1.11. The third-order valence-corrected chi connectivity index (χ3v) is 3.42. The number of carboxylic acids is 1. The number of rotatable bonds is 5. The van der Waals surface area contributed by atoms with Gasteiger partial charge in [-0.25, -0.2) is 9.78 Å². The highest BCUT2D eigenvalue weighted by molar-refractivity contribution is 7.14. The van der Waals surface area contributed by atoms with Gasteiger partial charge in [0.25, 0.3) is 5.91 Å². The minimum Gasteiger partial charge on any atom is -0.480 e. The second kappa shape index (κ2) is 5.35. The van der Waals surface area contributed by atoms with Crippen LogP contribution in [-0.2, 0) is 9.59 Å². The van der Waals surface area contributed by atoms with Crippen molar-refractivity contribution in [1.29, 1.82) is 0 Å². The molecule has 1 fully saturated rings. The van der Waals surface area contributed by atoms with Crippen LogP contribution in [-0.4, -0.2) is 33.9 Å². The Labute approximate surface area is 113 Å². The molecule has 0 aliphatic heterocycles. The highest BCUT2D eigenvalue weighted by atomic mass is 32.1. The van der Waals surface area contributed by atoms with E-state index in [1.54, 1.807) is 0 Å². The number of nitrogens with zero attached hydrogens (tertiary/aromatic N) is 1. The topological polar surface area (TPSA) is 108 Å². The first-order valence-electron chi connectivity index (χ1n) is 5.74. The molecule has 0 radical (unpaired) electrons. The number of aromatic nitrogens is 1. The van der Waals surface area contributed by atoms with Crippen LogP contribution >= 0.6 is 11.3 Å². The third-order valence-electron chi connectivity index (χ3n) is 2.67. The normalized spacial score (nSPS) is 15.6. The van der Waals surface area contributed by atoms with E-state index < -0.39 is 17.9 Å². The number of thiazole rings is 1. The van der Waals surface area contributed by atoms with Crippen LogP contribution in [0, 0.1) is 5.92 Å². The molecule has 1 aliphatic carbocycles. The second-order valence-corrected chi connectivity index (χ2v) is 5.20. The lowest BCUT2D eigenvalue weighted by Gasteiger charge is -2.12. The molecular formula is C11H13N3O4S. The first-order valence-corrected chi connectivity index (χ1v) is 6.62. The summed E-state index contributed by atoms with van der Waals surface area (Å²) in [5.74, 6) is -1.84. The van der Waals surface area contributed by atoms with Gasteiger partial charge in [-0.3, -0.25) is 9.59 Å². The fourth-order valence-corrected chi connectivity index (χ4v) is 2.35. The van der Waals surface area contributed by atoms with E-state index >= 15 is 0 Å². The average Bonchev–Trinajstić information content (AvgIpc) is 3.05. The predicted octanol–water partition coefficient (Wildman–Crippen LogP) is 0.694. The number of nitrogens with one attached hydrogen (secondary N) is 2. The van der Waals surface area contributed by atoms with E-state index in [1.807, 2.05) is 0 Å². The van der Waals surface area contributed by atoms with Crippen molar-refractivity contribution in [3.8, 4) is 0 Å². The van der Waals surface area contributed by atoms with Crippen molar-refractivity contribution in [2.75, 3.05) is 5.32 Å². The van der Waals surface area contributed by atoms with E-state index in [0.717, 1.165) is 24.2 Å². The number of amides is 2. The van der Waals surface area contributed by atoms with Crippen LogP contribution in [0.5, 0.6) is 0 Å². The lowest BCUT2D eigenvalue weighted by Crippen LogP contribution is -2.42. The molecule has 7 nitrogen and oxygen atoms in total. The van der Waals surface area contributed by atoms with E-state index in [-0.39, 0.29) is 17.5 Å². The van der Waals surface area contributed by atoms with Crippen molar-refractivity contribution in [3.05, 3.63) is 11.1 Å². The van der Waals surface area contributed by atoms with Crippen LogP contribution in [0.4, 0.5) is 5.13 Å². The highest BCUT2D eigenvalue weighted by Gasteiger charge is 2.37. The quantitative estimate of drug-likeness (QED) is 0.737. The highest BCUT2D eigenvalue weighted by Crippen LogP contribution is 2.32. The van der Waals surface area contributed by atoms with E-state index in [2.05, 4.69) is 15.6 Å². The number of aliphatic carboxylic acids is 1. The molecule has 0 saturated heterocycles. The first kappa shape index (κ1) is 13.5. The summed E-state index contributed by atoms with van der Waals surface area (Å²) in [5, 5.41) is 15.7. The molecule has 3 N–H and O–H groups in total. The Morgan fingerprint density at radius 2 is 2.16 bits per heavy atom. The Balaban J connectivity index is 2.00. The molecule has 19 heavy (non-hydrogen) atoms. The number of carbonyl (C=O) groups is 3. The SMILES string of the molecule is CC(=O)Nc1nc(C(=O)NC(C(=O)O)C2CC2)cs1. The van der Waals surface area contributed by atoms with E-state index in [4.69, 9.17) is 5.11 Å².